The summed E-state index contributed by atoms with van der Waals surface area (Å²) in [6, 6.07) is 12.3. The molecule has 0 bridgehead atoms. The lowest BCUT2D eigenvalue weighted by molar-refractivity contribution is -0.119. The SMILES string of the molecule is CCNC(=O)c1cccc(NC(=O)COC(=O)c2ccc(C=O)cc2)c1. The molecule has 134 valence electrons. The van der Waals surface area contributed by atoms with Gasteiger partial charge in [-0.15, -0.1) is 0 Å². The second-order valence-corrected chi connectivity index (χ2v) is 5.30. The lowest BCUT2D eigenvalue weighted by atomic mass is 10.1. The second-order valence-electron chi connectivity index (χ2n) is 5.30. The minimum Gasteiger partial charge on any atom is -0.452 e. The number of rotatable bonds is 7. The first-order chi connectivity index (χ1) is 12.5. The number of aldehydes is 1. The fourth-order valence-corrected chi connectivity index (χ4v) is 2.11. The smallest absolute Gasteiger partial charge is 0.338 e. The molecule has 0 spiro atoms. The number of nitrogens with one attached hydrogen (secondary N) is 2. The van der Waals surface area contributed by atoms with Crippen LogP contribution in [0.15, 0.2) is 48.5 Å². The molecule has 0 radical (unpaired) electrons. The number of amides is 2. The molecule has 2 rings (SSSR count). The third-order valence-electron chi connectivity index (χ3n) is 3.36. The van der Waals surface area contributed by atoms with E-state index in [2.05, 4.69) is 10.6 Å². The molecule has 0 heterocycles. The average Bonchev–Trinajstić information content (AvgIpc) is 2.66. The van der Waals surface area contributed by atoms with Crippen LogP contribution in [-0.2, 0) is 9.53 Å². The Labute approximate surface area is 150 Å². The van der Waals surface area contributed by atoms with Crippen molar-refractivity contribution in [3.8, 4) is 0 Å². The summed E-state index contributed by atoms with van der Waals surface area (Å²) in [5.74, 6) is -1.45. The van der Waals surface area contributed by atoms with E-state index in [0.29, 0.717) is 29.6 Å². The van der Waals surface area contributed by atoms with E-state index in [9.17, 15) is 19.2 Å². The third-order valence-corrected chi connectivity index (χ3v) is 3.36. The van der Waals surface area contributed by atoms with Gasteiger partial charge in [0.2, 0.25) is 0 Å². The molecule has 0 aliphatic carbocycles. The topological polar surface area (TPSA) is 102 Å². The van der Waals surface area contributed by atoms with Crippen molar-refractivity contribution >= 4 is 29.8 Å². The van der Waals surface area contributed by atoms with Crippen LogP contribution < -0.4 is 10.6 Å². The zero-order valence-electron chi connectivity index (χ0n) is 14.2. The first kappa shape index (κ1) is 18.9. The molecule has 0 saturated heterocycles. The van der Waals surface area contributed by atoms with Gasteiger partial charge in [0.25, 0.3) is 11.8 Å². The van der Waals surface area contributed by atoms with E-state index in [1.54, 1.807) is 18.2 Å². The molecule has 0 aliphatic heterocycles. The molecule has 26 heavy (non-hydrogen) atoms. The highest BCUT2D eigenvalue weighted by Crippen LogP contribution is 2.11. The number of ether oxygens (including phenoxy) is 1. The molecule has 0 fully saturated rings. The highest BCUT2D eigenvalue weighted by atomic mass is 16.5. The van der Waals surface area contributed by atoms with Crippen LogP contribution in [0.25, 0.3) is 0 Å². The molecule has 0 aromatic heterocycles. The molecule has 2 aromatic carbocycles. The number of hydrogen-bond donors (Lipinski definition) is 2. The molecule has 7 heteroatoms. The van der Waals surface area contributed by atoms with Crippen LogP contribution in [0.2, 0.25) is 0 Å². The zero-order chi connectivity index (χ0) is 18.9. The summed E-state index contributed by atoms with van der Waals surface area (Å²) in [4.78, 5) is 46.2. The Hall–Kier alpha value is -3.48. The van der Waals surface area contributed by atoms with Crippen LogP contribution in [0.4, 0.5) is 5.69 Å². The van der Waals surface area contributed by atoms with E-state index in [-0.39, 0.29) is 11.5 Å². The summed E-state index contributed by atoms with van der Waals surface area (Å²) in [7, 11) is 0. The summed E-state index contributed by atoms with van der Waals surface area (Å²) in [5, 5.41) is 5.23. The Kier molecular flexibility index (Phi) is 6.61. The maximum atomic E-state index is 11.9. The van der Waals surface area contributed by atoms with Crippen molar-refractivity contribution in [2.45, 2.75) is 6.92 Å². The van der Waals surface area contributed by atoms with E-state index < -0.39 is 18.5 Å². The fraction of sp³-hybridized carbons (Fsp3) is 0.158. The Balaban J connectivity index is 1.90. The minimum atomic E-state index is -0.673. The first-order valence-corrected chi connectivity index (χ1v) is 7.94. The van der Waals surface area contributed by atoms with Gasteiger partial charge >= 0.3 is 5.97 Å². The third kappa shape index (κ3) is 5.27. The maximum absolute atomic E-state index is 11.9. The van der Waals surface area contributed by atoms with Crippen molar-refractivity contribution in [1.29, 1.82) is 0 Å². The van der Waals surface area contributed by atoms with Gasteiger partial charge in [0.05, 0.1) is 5.56 Å². The molecular weight excluding hydrogens is 336 g/mol. The molecule has 2 aromatic rings. The van der Waals surface area contributed by atoms with Crippen molar-refractivity contribution < 1.29 is 23.9 Å². The second kappa shape index (κ2) is 9.12. The van der Waals surface area contributed by atoms with E-state index in [4.69, 9.17) is 4.74 Å². The molecule has 2 N–H and O–H groups in total. The zero-order valence-corrected chi connectivity index (χ0v) is 14.2. The van der Waals surface area contributed by atoms with Crippen molar-refractivity contribution in [2.75, 3.05) is 18.5 Å². The van der Waals surface area contributed by atoms with Gasteiger partial charge in [-0.25, -0.2) is 4.79 Å². The van der Waals surface area contributed by atoms with E-state index in [0.717, 1.165) is 0 Å². The lowest BCUT2D eigenvalue weighted by Gasteiger charge is -2.08. The van der Waals surface area contributed by atoms with Gasteiger partial charge in [-0.1, -0.05) is 18.2 Å². The number of carbonyl (C=O) groups excluding carboxylic acids is 4. The summed E-state index contributed by atoms with van der Waals surface area (Å²) in [6.45, 7) is 1.84. The normalized spacial score (nSPS) is 9.88. The van der Waals surface area contributed by atoms with Gasteiger partial charge in [0.1, 0.15) is 6.29 Å². The Morgan fingerprint density at radius 1 is 1.04 bits per heavy atom. The standard InChI is InChI=1S/C19H18N2O5/c1-2-20-18(24)15-4-3-5-16(10-15)21-17(23)12-26-19(25)14-8-6-13(11-22)7-9-14/h3-11H,2,12H2,1H3,(H,20,24)(H,21,23). The highest BCUT2D eigenvalue weighted by Gasteiger charge is 2.11. The van der Waals surface area contributed by atoms with E-state index in [1.165, 1.54) is 30.3 Å². The van der Waals surface area contributed by atoms with Gasteiger partial charge in [0, 0.05) is 23.4 Å². The Morgan fingerprint density at radius 2 is 1.77 bits per heavy atom. The molecule has 2 amide bonds. The molecule has 7 nitrogen and oxygen atoms in total. The van der Waals surface area contributed by atoms with E-state index in [1.807, 2.05) is 6.92 Å². The van der Waals surface area contributed by atoms with Gasteiger partial charge in [-0.3, -0.25) is 14.4 Å². The Bertz CT molecular complexity index is 815. The minimum absolute atomic E-state index is 0.238. The van der Waals surface area contributed by atoms with E-state index >= 15 is 0 Å². The number of benzene rings is 2. The quantitative estimate of drug-likeness (QED) is 0.585. The first-order valence-electron chi connectivity index (χ1n) is 7.94. The van der Waals surface area contributed by atoms with Gasteiger partial charge in [-0.05, 0) is 37.3 Å². The summed E-state index contributed by atoms with van der Waals surface area (Å²) < 4.78 is 4.93. The average molecular weight is 354 g/mol. The molecule has 0 aliphatic rings. The summed E-state index contributed by atoms with van der Waals surface area (Å²) in [5.41, 5.74) is 1.51. The number of anilines is 1. The summed E-state index contributed by atoms with van der Waals surface area (Å²) >= 11 is 0. The number of carbonyl (C=O) groups is 4. The molecular formula is C19H18N2O5. The highest BCUT2D eigenvalue weighted by molar-refractivity contribution is 5.98. The summed E-state index contributed by atoms with van der Waals surface area (Å²) in [6.07, 6.45) is 0.664. The maximum Gasteiger partial charge on any atom is 0.338 e. The van der Waals surface area contributed by atoms with Crippen molar-refractivity contribution in [3.05, 3.63) is 65.2 Å². The van der Waals surface area contributed by atoms with Crippen LogP contribution in [0.1, 0.15) is 38.0 Å². The van der Waals surface area contributed by atoms with Crippen molar-refractivity contribution in [3.63, 3.8) is 0 Å². The van der Waals surface area contributed by atoms with Gasteiger partial charge < -0.3 is 15.4 Å². The fourth-order valence-electron chi connectivity index (χ4n) is 2.11. The van der Waals surface area contributed by atoms with Gasteiger partial charge in [0.15, 0.2) is 6.61 Å². The number of esters is 1. The predicted octanol–water partition coefficient (Wildman–Crippen LogP) is 2.04. The van der Waals surface area contributed by atoms with Crippen molar-refractivity contribution in [1.82, 2.24) is 5.32 Å². The van der Waals surface area contributed by atoms with Crippen LogP contribution in [0, 0.1) is 0 Å². The predicted molar refractivity (Wildman–Crippen MR) is 95.2 cm³/mol. The van der Waals surface area contributed by atoms with Crippen LogP contribution >= 0.6 is 0 Å². The van der Waals surface area contributed by atoms with Crippen LogP contribution in [0.3, 0.4) is 0 Å². The number of hydrogen-bond acceptors (Lipinski definition) is 5. The van der Waals surface area contributed by atoms with Crippen LogP contribution in [0.5, 0.6) is 0 Å². The molecule has 0 saturated carbocycles. The largest absolute Gasteiger partial charge is 0.452 e. The Morgan fingerprint density at radius 3 is 2.42 bits per heavy atom. The van der Waals surface area contributed by atoms with Crippen molar-refractivity contribution in [2.24, 2.45) is 0 Å². The van der Waals surface area contributed by atoms with Crippen LogP contribution in [-0.4, -0.2) is 37.2 Å². The molecule has 0 atom stereocenters. The molecule has 0 unspecified atom stereocenters. The monoisotopic (exact) mass is 354 g/mol. The lowest BCUT2D eigenvalue weighted by Crippen LogP contribution is -2.23. The van der Waals surface area contributed by atoms with Gasteiger partial charge in [-0.2, -0.15) is 0 Å².